The molecule has 0 unspecified atom stereocenters. The molecule has 2 atom stereocenters. The zero-order valence-electron chi connectivity index (χ0n) is 15.3. The first-order valence-corrected chi connectivity index (χ1v) is 9.38. The van der Waals surface area contributed by atoms with Gasteiger partial charge in [0.2, 0.25) is 0 Å². The van der Waals surface area contributed by atoms with Gasteiger partial charge in [0.25, 0.3) is 0 Å². The summed E-state index contributed by atoms with van der Waals surface area (Å²) in [5, 5.41) is 11.8. The van der Waals surface area contributed by atoms with Gasteiger partial charge in [-0.15, -0.1) is 0 Å². The predicted molar refractivity (Wildman–Crippen MR) is 102 cm³/mol. The van der Waals surface area contributed by atoms with Gasteiger partial charge in [0, 0.05) is 51.7 Å². The highest BCUT2D eigenvalue weighted by atomic mass is 16.3. The van der Waals surface area contributed by atoms with Crippen LogP contribution < -0.4 is 4.90 Å². The summed E-state index contributed by atoms with van der Waals surface area (Å²) in [4.78, 5) is 15.7. The van der Waals surface area contributed by atoms with E-state index in [1.54, 1.807) is 12.4 Å². The van der Waals surface area contributed by atoms with Crippen LogP contribution in [-0.2, 0) is 5.60 Å². The van der Waals surface area contributed by atoms with Crippen molar-refractivity contribution in [3.63, 3.8) is 0 Å². The molecule has 0 spiro atoms. The maximum Gasteiger partial charge on any atom is 0.147 e. The molecule has 2 aliphatic heterocycles. The molecule has 2 saturated heterocycles. The van der Waals surface area contributed by atoms with E-state index in [1.165, 1.54) is 0 Å². The number of piperidine rings is 1. The van der Waals surface area contributed by atoms with Crippen molar-refractivity contribution in [2.75, 3.05) is 51.2 Å². The molecule has 6 heteroatoms. The van der Waals surface area contributed by atoms with Gasteiger partial charge in [-0.2, -0.15) is 0 Å². The Morgan fingerprint density at radius 1 is 1.04 bits per heavy atom. The number of rotatable bonds is 3. The summed E-state index contributed by atoms with van der Waals surface area (Å²) in [6.07, 6.45) is 5.93. The van der Waals surface area contributed by atoms with E-state index in [2.05, 4.69) is 43.8 Å². The smallest absolute Gasteiger partial charge is 0.147 e. The van der Waals surface area contributed by atoms with Gasteiger partial charge in [0.05, 0.1) is 12.2 Å². The van der Waals surface area contributed by atoms with Crippen LogP contribution in [0.5, 0.6) is 0 Å². The number of anilines is 1. The molecule has 26 heavy (non-hydrogen) atoms. The van der Waals surface area contributed by atoms with Crippen molar-refractivity contribution in [3.05, 3.63) is 54.5 Å². The lowest BCUT2D eigenvalue weighted by atomic mass is 9.79. The number of hydrogen-bond donors (Lipinski definition) is 1. The average molecular weight is 353 g/mol. The summed E-state index contributed by atoms with van der Waals surface area (Å²) < 4.78 is 0. The highest BCUT2D eigenvalue weighted by Gasteiger charge is 2.46. The van der Waals surface area contributed by atoms with E-state index in [1.807, 2.05) is 24.4 Å². The Labute approximate surface area is 155 Å². The van der Waals surface area contributed by atoms with Crippen LogP contribution in [0.4, 0.5) is 5.82 Å². The Balaban J connectivity index is 1.64. The summed E-state index contributed by atoms with van der Waals surface area (Å²) in [5.74, 6) is 0.890. The molecule has 1 aromatic carbocycles. The van der Waals surface area contributed by atoms with Crippen LogP contribution in [-0.4, -0.2) is 77.2 Å². The van der Waals surface area contributed by atoms with Gasteiger partial charge in [0.1, 0.15) is 11.4 Å². The number of nitrogens with zero attached hydrogens (tertiary/aromatic N) is 5. The minimum atomic E-state index is -0.837. The first kappa shape index (κ1) is 17.4. The number of piperazine rings is 1. The van der Waals surface area contributed by atoms with Gasteiger partial charge < -0.3 is 14.9 Å². The molecule has 2 aromatic rings. The lowest BCUT2D eigenvalue weighted by Gasteiger charge is -2.51. The maximum absolute atomic E-state index is 11.8. The van der Waals surface area contributed by atoms with E-state index < -0.39 is 5.60 Å². The van der Waals surface area contributed by atoms with Crippen molar-refractivity contribution in [3.8, 4) is 0 Å². The van der Waals surface area contributed by atoms with Crippen molar-refractivity contribution >= 4 is 5.82 Å². The van der Waals surface area contributed by atoms with E-state index in [9.17, 15) is 5.11 Å². The van der Waals surface area contributed by atoms with Crippen molar-refractivity contribution in [2.24, 2.45) is 0 Å². The third-order valence-electron chi connectivity index (χ3n) is 5.83. The lowest BCUT2D eigenvalue weighted by Crippen LogP contribution is -2.64. The third-order valence-corrected chi connectivity index (χ3v) is 5.83. The molecule has 2 fully saturated rings. The zero-order valence-corrected chi connectivity index (χ0v) is 15.3. The van der Waals surface area contributed by atoms with E-state index >= 15 is 0 Å². The Morgan fingerprint density at radius 2 is 1.81 bits per heavy atom. The molecule has 1 N–H and O–H groups in total. The van der Waals surface area contributed by atoms with E-state index in [0.29, 0.717) is 6.42 Å². The van der Waals surface area contributed by atoms with Crippen LogP contribution in [0, 0.1) is 0 Å². The van der Waals surface area contributed by atoms with Gasteiger partial charge in [-0.05, 0) is 19.0 Å². The number of hydrogen-bond acceptors (Lipinski definition) is 6. The fourth-order valence-electron chi connectivity index (χ4n) is 4.20. The summed E-state index contributed by atoms with van der Waals surface area (Å²) in [6.45, 7) is 5.55. The Morgan fingerprint density at radius 3 is 2.50 bits per heavy atom. The highest BCUT2D eigenvalue weighted by molar-refractivity contribution is 5.39. The second-order valence-electron chi connectivity index (χ2n) is 7.40. The first-order chi connectivity index (χ1) is 12.7. The summed E-state index contributed by atoms with van der Waals surface area (Å²) >= 11 is 0. The lowest BCUT2D eigenvalue weighted by molar-refractivity contribution is -0.0757. The van der Waals surface area contributed by atoms with Crippen molar-refractivity contribution in [1.82, 2.24) is 19.8 Å². The standard InChI is InChI=1S/C20H27N5O/c1-23-11-13-24(14-12-23)18-16-25(19-15-21-8-9-22-19)10-7-20(18,26)17-5-3-2-4-6-17/h2-6,8-9,15,18,26H,7,10-14,16H2,1H3/t18-,20+/m1/s1. The minimum absolute atomic E-state index is 0.0364. The number of aromatic nitrogens is 2. The van der Waals surface area contributed by atoms with E-state index in [0.717, 1.165) is 50.6 Å². The fourth-order valence-corrected chi connectivity index (χ4v) is 4.20. The molecule has 0 amide bonds. The predicted octanol–water partition coefficient (Wildman–Crippen LogP) is 1.19. The third kappa shape index (κ3) is 3.32. The van der Waals surface area contributed by atoms with Crippen LogP contribution >= 0.6 is 0 Å². The minimum Gasteiger partial charge on any atom is -0.383 e. The summed E-state index contributed by atoms with van der Waals surface area (Å²) in [5.41, 5.74) is 0.179. The van der Waals surface area contributed by atoms with Gasteiger partial charge in [0.15, 0.2) is 0 Å². The van der Waals surface area contributed by atoms with Crippen LogP contribution in [0.2, 0.25) is 0 Å². The molecule has 4 rings (SSSR count). The van der Waals surface area contributed by atoms with Gasteiger partial charge in [-0.3, -0.25) is 9.88 Å². The summed E-state index contributed by atoms with van der Waals surface area (Å²) in [6, 6.07) is 10.2. The SMILES string of the molecule is CN1CCN([C@@H]2CN(c3cnccn3)CC[C@]2(O)c2ccccc2)CC1. The zero-order chi connectivity index (χ0) is 18.0. The molecule has 0 aliphatic carbocycles. The molecule has 0 radical (unpaired) electrons. The molecular weight excluding hydrogens is 326 g/mol. The summed E-state index contributed by atoms with van der Waals surface area (Å²) in [7, 11) is 2.16. The maximum atomic E-state index is 11.8. The van der Waals surface area contributed by atoms with Gasteiger partial charge in [-0.25, -0.2) is 4.98 Å². The van der Waals surface area contributed by atoms with Crippen molar-refractivity contribution in [2.45, 2.75) is 18.1 Å². The number of aliphatic hydroxyl groups is 1. The van der Waals surface area contributed by atoms with Crippen LogP contribution in [0.1, 0.15) is 12.0 Å². The number of likely N-dealkylation sites (N-methyl/N-ethyl adjacent to an activating group) is 1. The van der Waals surface area contributed by atoms with Crippen LogP contribution in [0.15, 0.2) is 48.9 Å². The second-order valence-corrected chi connectivity index (χ2v) is 7.40. The normalized spacial score (nSPS) is 28.2. The number of benzene rings is 1. The molecule has 2 aliphatic rings. The van der Waals surface area contributed by atoms with Crippen molar-refractivity contribution in [1.29, 1.82) is 0 Å². The van der Waals surface area contributed by atoms with Crippen LogP contribution in [0.3, 0.4) is 0 Å². The molecule has 1 aromatic heterocycles. The molecule has 6 nitrogen and oxygen atoms in total. The second kappa shape index (κ2) is 7.31. The monoisotopic (exact) mass is 353 g/mol. The quantitative estimate of drug-likeness (QED) is 0.895. The van der Waals surface area contributed by atoms with Gasteiger partial charge in [-0.1, -0.05) is 30.3 Å². The fraction of sp³-hybridized carbons (Fsp3) is 0.500. The average Bonchev–Trinajstić information content (AvgIpc) is 2.70. The largest absolute Gasteiger partial charge is 0.383 e. The molecular formula is C20H27N5O. The Kier molecular flexibility index (Phi) is 4.89. The topological polar surface area (TPSA) is 55.7 Å². The highest BCUT2D eigenvalue weighted by Crippen LogP contribution is 2.37. The molecule has 3 heterocycles. The van der Waals surface area contributed by atoms with Crippen LogP contribution in [0.25, 0.3) is 0 Å². The van der Waals surface area contributed by atoms with E-state index in [-0.39, 0.29) is 6.04 Å². The van der Waals surface area contributed by atoms with Gasteiger partial charge >= 0.3 is 0 Å². The van der Waals surface area contributed by atoms with Crippen molar-refractivity contribution < 1.29 is 5.11 Å². The molecule has 138 valence electrons. The molecule has 0 saturated carbocycles. The molecule has 0 bridgehead atoms. The first-order valence-electron chi connectivity index (χ1n) is 9.38. The Bertz CT molecular complexity index is 705. The Hall–Kier alpha value is -2.02. The van der Waals surface area contributed by atoms with E-state index in [4.69, 9.17) is 0 Å².